The molecule has 1 spiro atoms. The Morgan fingerprint density at radius 2 is 2.26 bits per heavy atom. The van der Waals surface area contributed by atoms with Gasteiger partial charge >= 0.3 is 0 Å². The Balaban J connectivity index is 2.10. The van der Waals surface area contributed by atoms with Crippen LogP contribution in [0.5, 0.6) is 5.75 Å². The lowest BCUT2D eigenvalue weighted by molar-refractivity contribution is 0.359. The number of fused-ring (bicyclic) bond motifs is 4. The molecule has 23 heavy (non-hydrogen) atoms. The number of nitrogens with zero attached hydrogens (tertiary/aromatic N) is 2. The molecule has 0 unspecified atom stereocenters. The smallest absolute Gasteiger partial charge is 0.205 e. The number of nitrogens with two attached hydrogens (primary N) is 1. The lowest BCUT2D eigenvalue weighted by atomic mass is 9.73. The van der Waals surface area contributed by atoms with Gasteiger partial charge in [0.25, 0.3) is 0 Å². The number of allylic oxidation sites excluding steroid dienone is 1. The van der Waals surface area contributed by atoms with Gasteiger partial charge in [0.05, 0.1) is 15.7 Å². The van der Waals surface area contributed by atoms with Crippen LogP contribution in [0.25, 0.3) is 10.2 Å². The molecule has 4 heterocycles. The van der Waals surface area contributed by atoms with Crippen LogP contribution >= 0.6 is 23.1 Å². The average Bonchev–Trinajstić information content (AvgIpc) is 3.02. The monoisotopic (exact) mass is 343 g/mol. The van der Waals surface area contributed by atoms with Crippen LogP contribution in [0.1, 0.15) is 29.5 Å². The minimum absolute atomic E-state index is 0.258. The summed E-state index contributed by atoms with van der Waals surface area (Å²) in [5.41, 5.74) is 8.56. The van der Waals surface area contributed by atoms with Crippen LogP contribution in [0.4, 0.5) is 0 Å². The number of nitriles is 1. The molecule has 118 valence electrons. The molecule has 1 saturated heterocycles. The summed E-state index contributed by atoms with van der Waals surface area (Å²) in [7, 11) is 0. The first-order valence-electron chi connectivity index (χ1n) is 7.60. The highest BCUT2D eigenvalue weighted by Gasteiger charge is 2.53. The van der Waals surface area contributed by atoms with Gasteiger partial charge in [-0.15, -0.1) is 11.3 Å². The van der Waals surface area contributed by atoms with E-state index < -0.39 is 0 Å². The molecule has 1 fully saturated rings. The van der Waals surface area contributed by atoms with Crippen molar-refractivity contribution in [2.24, 2.45) is 5.73 Å². The SMILES string of the molecule is Cc1cc(C)c2c3c(sc2n1)[C@]1(CCS[C@@H]1C)C(C#N)=C(N)O3. The predicted octanol–water partition coefficient (Wildman–Crippen LogP) is 3.76. The maximum absolute atomic E-state index is 9.72. The summed E-state index contributed by atoms with van der Waals surface area (Å²) in [6.07, 6.45) is 0.920. The van der Waals surface area contributed by atoms with E-state index in [1.54, 1.807) is 11.3 Å². The van der Waals surface area contributed by atoms with E-state index in [-0.39, 0.29) is 11.3 Å². The van der Waals surface area contributed by atoms with E-state index in [1.165, 1.54) is 0 Å². The van der Waals surface area contributed by atoms with E-state index in [9.17, 15) is 5.26 Å². The van der Waals surface area contributed by atoms with Crippen LogP contribution in [0, 0.1) is 25.2 Å². The third-order valence-electron chi connectivity index (χ3n) is 4.92. The highest BCUT2D eigenvalue weighted by molar-refractivity contribution is 8.00. The van der Waals surface area contributed by atoms with E-state index in [0.29, 0.717) is 10.8 Å². The van der Waals surface area contributed by atoms with Gasteiger partial charge in [0, 0.05) is 10.9 Å². The van der Waals surface area contributed by atoms with Crippen molar-refractivity contribution in [2.45, 2.75) is 37.9 Å². The van der Waals surface area contributed by atoms with Crippen LogP contribution in [0.2, 0.25) is 0 Å². The highest BCUT2D eigenvalue weighted by atomic mass is 32.2. The quantitative estimate of drug-likeness (QED) is 0.788. The standard InChI is InChI=1S/C17H17N3OS2/c1-8-6-9(2)20-16-12(8)13-14(23-16)17(4-5-22-10(17)3)11(7-18)15(19)21-13/h6,10H,4-5,19H2,1-3H3/t10-,17+/m1/s1. The molecule has 6 heteroatoms. The van der Waals surface area contributed by atoms with Crippen LogP contribution in [-0.2, 0) is 5.41 Å². The normalized spacial score (nSPS) is 26.4. The van der Waals surface area contributed by atoms with E-state index in [1.807, 2.05) is 18.7 Å². The Bertz CT molecular complexity index is 909. The number of ether oxygens (including phenoxy) is 1. The Kier molecular flexibility index (Phi) is 3.16. The zero-order valence-corrected chi connectivity index (χ0v) is 14.9. The number of rotatable bonds is 0. The minimum atomic E-state index is -0.331. The lowest BCUT2D eigenvalue weighted by Gasteiger charge is -2.36. The second-order valence-corrected chi connectivity index (χ2v) is 8.66. The molecule has 2 aromatic rings. The van der Waals surface area contributed by atoms with Crippen molar-refractivity contribution in [1.82, 2.24) is 4.98 Å². The number of thioether (sulfide) groups is 1. The second kappa shape index (κ2) is 4.89. The number of hydrogen-bond acceptors (Lipinski definition) is 6. The van der Waals surface area contributed by atoms with E-state index in [2.05, 4.69) is 31.0 Å². The molecule has 0 saturated carbocycles. The van der Waals surface area contributed by atoms with Crippen molar-refractivity contribution in [3.63, 3.8) is 0 Å². The van der Waals surface area contributed by atoms with Gasteiger partial charge in [0.2, 0.25) is 5.88 Å². The summed E-state index contributed by atoms with van der Waals surface area (Å²) < 4.78 is 5.94. The summed E-state index contributed by atoms with van der Waals surface area (Å²) in [5, 5.41) is 11.1. The number of pyridine rings is 1. The minimum Gasteiger partial charge on any atom is -0.439 e. The summed E-state index contributed by atoms with van der Waals surface area (Å²) in [4.78, 5) is 6.78. The first-order chi connectivity index (χ1) is 11.0. The van der Waals surface area contributed by atoms with Crippen molar-refractivity contribution in [2.75, 3.05) is 5.75 Å². The first-order valence-corrected chi connectivity index (χ1v) is 9.46. The van der Waals surface area contributed by atoms with Gasteiger partial charge in [-0.3, -0.25) is 0 Å². The third-order valence-corrected chi connectivity index (χ3v) is 7.51. The fourth-order valence-corrected chi connectivity index (χ4v) is 6.86. The molecule has 0 aliphatic carbocycles. The second-order valence-electron chi connectivity index (χ2n) is 6.21. The Morgan fingerprint density at radius 1 is 1.48 bits per heavy atom. The zero-order valence-electron chi connectivity index (χ0n) is 13.3. The molecule has 0 radical (unpaired) electrons. The lowest BCUT2D eigenvalue weighted by Crippen LogP contribution is -2.38. The van der Waals surface area contributed by atoms with Crippen molar-refractivity contribution in [3.05, 3.63) is 33.7 Å². The maximum atomic E-state index is 9.72. The fourth-order valence-electron chi connectivity index (χ4n) is 3.82. The molecule has 0 aromatic carbocycles. The zero-order chi connectivity index (χ0) is 16.4. The van der Waals surface area contributed by atoms with Gasteiger partial charge < -0.3 is 10.5 Å². The van der Waals surface area contributed by atoms with Crippen molar-refractivity contribution in [3.8, 4) is 11.8 Å². The molecule has 2 atom stereocenters. The number of aromatic nitrogens is 1. The number of hydrogen-bond donors (Lipinski definition) is 1. The van der Waals surface area contributed by atoms with Crippen molar-refractivity contribution >= 4 is 33.3 Å². The molecule has 2 N–H and O–H groups in total. The van der Waals surface area contributed by atoms with E-state index in [0.717, 1.165) is 44.3 Å². The molecule has 2 aromatic heterocycles. The van der Waals surface area contributed by atoms with Gasteiger partial charge in [0.1, 0.15) is 16.5 Å². The van der Waals surface area contributed by atoms with Crippen LogP contribution in [-0.4, -0.2) is 16.0 Å². The van der Waals surface area contributed by atoms with Gasteiger partial charge in [-0.25, -0.2) is 4.98 Å². The van der Waals surface area contributed by atoms with Gasteiger partial charge in [-0.05, 0) is 37.7 Å². The van der Waals surface area contributed by atoms with Gasteiger partial charge in [0.15, 0.2) is 5.75 Å². The molecule has 0 bridgehead atoms. The van der Waals surface area contributed by atoms with Crippen LogP contribution < -0.4 is 10.5 Å². The Labute approximate surface area is 143 Å². The Hall–Kier alpha value is -1.71. The number of aryl methyl sites for hydroxylation is 2. The molecular formula is C17H17N3OS2. The third kappa shape index (κ3) is 1.81. The van der Waals surface area contributed by atoms with Crippen LogP contribution in [0.15, 0.2) is 17.5 Å². The van der Waals surface area contributed by atoms with E-state index >= 15 is 0 Å². The number of thiophene rings is 1. The molecule has 4 rings (SSSR count). The summed E-state index contributed by atoms with van der Waals surface area (Å²) in [6.45, 7) is 6.27. The average molecular weight is 343 g/mol. The summed E-state index contributed by atoms with van der Waals surface area (Å²) in [6, 6.07) is 4.40. The highest BCUT2D eigenvalue weighted by Crippen LogP contribution is 2.59. The van der Waals surface area contributed by atoms with Crippen LogP contribution in [0.3, 0.4) is 0 Å². The fraction of sp³-hybridized carbons (Fsp3) is 0.412. The van der Waals surface area contributed by atoms with Crippen molar-refractivity contribution < 1.29 is 4.74 Å². The summed E-state index contributed by atoms with van der Waals surface area (Å²) in [5.74, 6) is 2.11. The molecule has 2 aliphatic heterocycles. The molecule has 4 nitrogen and oxygen atoms in total. The molecule has 0 amide bonds. The van der Waals surface area contributed by atoms with Crippen molar-refractivity contribution in [1.29, 1.82) is 5.26 Å². The summed E-state index contributed by atoms with van der Waals surface area (Å²) >= 11 is 3.55. The first kappa shape index (κ1) is 14.9. The van der Waals surface area contributed by atoms with E-state index in [4.69, 9.17) is 10.5 Å². The van der Waals surface area contributed by atoms with Gasteiger partial charge in [-0.2, -0.15) is 17.0 Å². The predicted molar refractivity (Wildman–Crippen MR) is 94.8 cm³/mol. The Morgan fingerprint density at radius 3 is 2.91 bits per heavy atom. The molecular weight excluding hydrogens is 326 g/mol. The molecule has 2 aliphatic rings. The maximum Gasteiger partial charge on any atom is 0.205 e. The van der Waals surface area contributed by atoms with Gasteiger partial charge in [-0.1, -0.05) is 6.92 Å². The largest absolute Gasteiger partial charge is 0.439 e. The topological polar surface area (TPSA) is 71.9 Å².